The van der Waals surface area contributed by atoms with Crippen LogP contribution in [0, 0.1) is 6.92 Å². The summed E-state index contributed by atoms with van der Waals surface area (Å²) in [5.74, 6) is -0.865. The number of amides is 1. The summed E-state index contributed by atoms with van der Waals surface area (Å²) in [6, 6.07) is 8.33. The minimum atomic E-state index is -4.65. The Morgan fingerprint density at radius 2 is 1.96 bits per heavy atom. The topological polar surface area (TPSA) is 75.4 Å². The Morgan fingerprint density at radius 3 is 2.63 bits per heavy atom. The first-order chi connectivity index (χ1) is 12.8. The molecule has 0 saturated carbocycles. The van der Waals surface area contributed by atoms with Crippen LogP contribution in [0.25, 0.3) is 5.65 Å². The van der Waals surface area contributed by atoms with Gasteiger partial charge in [-0.1, -0.05) is 0 Å². The predicted octanol–water partition coefficient (Wildman–Crippen LogP) is 3.32. The number of carbonyl (C=O) groups is 1. The molecule has 0 spiro atoms. The summed E-state index contributed by atoms with van der Waals surface area (Å²) in [5, 5.41) is 13.5. The van der Waals surface area contributed by atoms with Gasteiger partial charge < -0.3 is 10.2 Å². The molecular formula is C17H15F3N6O. The number of hydrogen-bond donors (Lipinski definition) is 1. The molecule has 27 heavy (non-hydrogen) atoms. The molecule has 140 valence electrons. The molecule has 1 fully saturated rings. The average molecular weight is 376 g/mol. The zero-order valence-corrected chi connectivity index (χ0v) is 14.3. The van der Waals surface area contributed by atoms with Gasteiger partial charge in [0, 0.05) is 24.3 Å². The molecule has 1 N–H and O–H groups in total. The second-order valence-electron chi connectivity index (χ2n) is 6.29. The number of anilines is 3. The van der Waals surface area contributed by atoms with E-state index in [1.54, 1.807) is 11.0 Å². The number of aryl methyl sites for hydroxylation is 1. The van der Waals surface area contributed by atoms with Crippen LogP contribution in [-0.4, -0.2) is 32.3 Å². The molecule has 3 aromatic rings. The van der Waals surface area contributed by atoms with Crippen molar-refractivity contribution < 1.29 is 18.0 Å². The quantitative estimate of drug-likeness (QED) is 0.759. The molecule has 0 radical (unpaired) electrons. The fourth-order valence-corrected chi connectivity index (χ4v) is 3.12. The monoisotopic (exact) mass is 376 g/mol. The number of fused-ring (bicyclic) bond motifs is 1. The normalized spacial score (nSPS) is 15.0. The van der Waals surface area contributed by atoms with Gasteiger partial charge in [0.15, 0.2) is 11.5 Å². The smallest absolute Gasteiger partial charge is 0.339 e. The Bertz CT molecular complexity index is 1030. The van der Waals surface area contributed by atoms with Crippen molar-refractivity contribution in [3.8, 4) is 0 Å². The van der Waals surface area contributed by atoms with Crippen molar-refractivity contribution in [2.45, 2.75) is 25.9 Å². The van der Waals surface area contributed by atoms with Gasteiger partial charge in [0.25, 0.3) is 5.82 Å². The summed E-state index contributed by atoms with van der Waals surface area (Å²) in [5.41, 5.74) is 2.38. The molecule has 0 aliphatic carbocycles. The third-order valence-electron chi connectivity index (χ3n) is 4.35. The van der Waals surface area contributed by atoms with Gasteiger partial charge in [0.2, 0.25) is 5.91 Å². The lowest BCUT2D eigenvalue weighted by molar-refractivity contribution is -0.146. The summed E-state index contributed by atoms with van der Waals surface area (Å²) in [6.07, 6.45) is -3.27. The molecule has 4 rings (SSSR count). The SMILES string of the molecule is Cc1cc(Nc2ccc3nnc(C(F)(F)F)n3n2)ccc1N1CCCC1=O. The number of rotatable bonds is 3. The van der Waals surface area contributed by atoms with Gasteiger partial charge in [-0.2, -0.15) is 17.7 Å². The number of benzene rings is 1. The number of nitrogens with zero attached hydrogens (tertiary/aromatic N) is 5. The molecule has 1 amide bonds. The van der Waals surface area contributed by atoms with Gasteiger partial charge in [0.05, 0.1) is 0 Å². The summed E-state index contributed by atoms with van der Waals surface area (Å²) in [4.78, 5) is 13.7. The Labute approximate surface area is 151 Å². The molecule has 7 nitrogen and oxygen atoms in total. The molecule has 1 aliphatic heterocycles. The number of hydrogen-bond acceptors (Lipinski definition) is 5. The minimum Gasteiger partial charge on any atom is -0.339 e. The zero-order chi connectivity index (χ0) is 19.2. The van der Waals surface area contributed by atoms with Gasteiger partial charge >= 0.3 is 6.18 Å². The highest BCUT2D eigenvalue weighted by molar-refractivity contribution is 5.96. The van der Waals surface area contributed by atoms with Gasteiger partial charge in [0.1, 0.15) is 0 Å². The lowest BCUT2D eigenvalue weighted by atomic mass is 10.1. The van der Waals surface area contributed by atoms with Crippen LogP contribution in [-0.2, 0) is 11.0 Å². The summed E-state index contributed by atoms with van der Waals surface area (Å²) in [7, 11) is 0. The van der Waals surface area contributed by atoms with E-state index in [2.05, 4.69) is 20.6 Å². The van der Waals surface area contributed by atoms with Crippen LogP contribution < -0.4 is 10.2 Å². The number of nitrogens with one attached hydrogen (secondary N) is 1. The van der Waals surface area contributed by atoms with Crippen LogP contribution in [0.2, 0.25) is 0 Å². The second-order valence-corrected chi connectivity index (χ2v) is 6.29. The van der Waals surface area contributed by atoms with Crippen molar-refractivity contribution in [2.75, 3.05) is 16.8 Å². The molecule has 1 saturated heterocycles. The molecule has 0 bridgehead atoms. The van der Waals surface area contributed by atoms with Gasteiger partial charge in [-0.15, -0.1) is 15.3 Å². The maximum atomic E-state index is 13.0. The number of halogens is 3. The Hall–Kier alpha value is -3.17. The first kappa shape index (κ1) is 17.3. The van der Waals surface area contributed by atoms with E-state index >= 15 is 0 Å². The fraction of sp³-hybridized carbons (Fsp3) is 0.294. The van der Waals surface area contributed by atoms with E-state index in [9.17, 15) is 18.0 Å². The first-order valence-electron chi connectivity index (χ1n) is 8.30. The molecule has 2 aromatic heterocycles. The van der Waals surface area contributed by atoms with E-state index in [0.717, 1.165) is 17.7 Å². The Kier molecular flexibility index (Phi) is 3.97. The largest absolute Gasteiger partial charge is 0.453 e. The first-order valence-corrected chi connectivity index (χ1v) is 8.30. The van der Waals surface area contributed by atoms with Crippen LogP contribution in [0.15, 0.2) is 30.3 Å². The maximum absolute atomic E-state index is 13.0. The Morgan fingerprint density at radius 1 is 1.15 bits per heavy atom. The highest BCUT2D eigenvalue weighted by atomic mass is 19.4. The van der Waals surface area contributed by atoms with Crippen molar-refractivity contribution >= 4 is 28.7 Å². The molecule has 1 aromatic carbocycles. The number of carbonyl (C=O) groups excluding carboxylic acids is 1. The van der Waals surface area contributed by atoms with Crippen molar-refractivity contribution in [3.05, 3.63) is 41.7 Å². The van der Waals surface area contributed by atoms with Crippen molar-refractivity contribution in [1.29, 1.82) is 0 Å². The summed E-state index contributed by atoms with van der Waals surface area (Å²) in [6.45, 7) is 2.57. The van der Waals surface area contributed by atoms with E-state index in [-0.39, 0.29) is 17.4 Å². The molecule has 1 aliphatic rings. The van der Waals surface area contributed by atoms with Gasteiger partial charge in [-0.3, -0.25) is 4.79 Å². The summed E-state index contributed by atoms with van der Waals surface area (Å²) >= 11 is 0. The third kappa shape index (κ3) is 3.18. The van der Waals surface area contributed by atoms with Crippen LogP contribution in [0.5, 0.6) is 0 Å². The maximum Gasteiger partial charge on any atom is 0.453 e. The zero-order valence-electron chi connectivity index (χ0n) is 14.3. The minimum absolute atomic E-state index is 0.00643. The van der Waals surface area contributed by atoms with E-state index in [1.807, 2.05) is 19.1 Å². The van der Waals surface area contributed by atoms with Crippen molar-refractivity contribution in [2.24, 2.45) is 0 Å². The fourth-order valence-electron chi connectivity index (χ4n) is 3.12. The summed E-state index contributed by atoms with van der Waals surface area (Å²) < 4.78 is 39.6. The third-order valence-corrected chi connectivity index (χ3v) is 4.35. The lowest BCUT2D eigenvalue weighted by Crippen LogP contribution is -2.24. The van der Waals surface area contributed by atoms with Crippen LogP contribution in [0.1, 0.15) is 24.2 Å². The van der Waals surface area contributed by atoms with Crippen molar-refractivity contribution in [1.82, 2.24) is 19.8 Å². The average Bonchev–Trinajstić information content (AvgIpc) is 3.20. The standard InChI is InChI=1S/C17H15F3N6O/c1-10-9-11(4-5-12(10)25-8-2-3-15(25)27)21-13-6-7-14-22-23-16(17(18,19)20)26(14)24-13/h4-7,9H,2-3,8H2,1H3,(H,21,24). The van der Waals surface area contributed by atoms with E-state index in [1.165, 1.54) is 12.1 Å². The Balaban J connectivity index is 1.62. The molecule has 10 heteroatoms. The highest BCUT2D eigenvalue weighted by Gasteiger charge is 2.37. The van der Waals surface area contributed by atoms with Crippen LogP contribution >= 0.6 is 0 Å². The molecule has 3 heterocycles. The number of alkyl halides is 3. The van der Waals surface area contributed by atoms with Crippen molar-refractivity contribution in [3.63, 3.8) is 0 Å². The predicted molar refractivity (Wildman–Crippen MR) is 91.8 cm³/mol. The molecule has 0 unspecified atom stereocenters. The lowest BCUT2D eigenvalue weighted by Gasteiger charge is -2.19. The van der Waals surface area contributed by atoms with Crippen LogP contribution in [0.3, 0.4) is 0 Å². The van der Waals surface area contributed by atoms with E-state index in [0.29, 0.717) is 23.2 Å². The van der Waals surface area contributed by atoms with E-state index in [4.69, 9.17) is 0 Å². The number of aromatic nitrogens is 4. The van der Waals surface area contributed by atoms with Gasteiger partial charge in [-0.05, 0) is 49.2 Å². The van der Waals surface area contributed by atoms with Crippen LogP contribution in [0.4, 0.5) is 30.4 Å². The molecular weight excluding hydrogens is 361 g/mol. The highest BCUT2D eigenvalue weighted by Crippen LogP contribution is 2.30. The second kappa shape index (κ2) is 6.22. The van der Waals surface area contributed by atoms with Gasteiger partial charge in [-0.25, -0.2) is 0 Å². The molecule has 0 atom stereocenters. The van der Waals surface area contributed by atoms with E-state index < -0.39 is 12.0 Å².